The zero-order valence-corrected chi connectivity index (χ0v) is 13.6. The van der Waals surface area contributed by atoms with Gasteiger partial charge < -0.3 is 14.8 Å². The van der Waals surface area contributed by atoms with Gasteiger partial charge in [-0.05, 0) is 48.9 Å². The molecular weight excluding hydrogens is 306 g/mol. The van der Waals surface area contributed by atoms with E-state index in [1.807, 2.05) is 31.2 Å². The van der Waals surface area contributed by atoms with Crippen molar-refractivity contribution in [3.05, 3.63) is 65.7 Å². The Morgan fingerprint density at radius 3 is 2.54 bits per heavy atom. The van der Waals surface area contributed by atoms with E-state index in [2.05, 4.69) is 10.1 Å². The lowest BCUT2D eigenvalue weighted by Crippen LogP contribution is -2.09. The molecule has 1 amide bonds. The molecule has 0 heterocycles. The molecule has 0 unspecified atom stereocenters. The summed E-state index contributed by atoms with van der Waals surface area (Å²) in [5.41, 5.74) is 1.79. The van der Waals surface area contributed by atoms with Gasteiger partial charge in [0.05, 0.1) is 19.3 Å². The van der Waals surface area contributed by atoms with E-state index in [9.17, 15) is 9.59 Å². The number of esters is 1. The Hall–Kier alpha value is -3.08. The first kappa shape index (κ1) is 17.3. The van der Waals surface area contributed by atoms with Crippen LogP contribution in [0.1, 0.15) is 22.8 Å². The quantitative estimate of drug-likeness (QED) is 0.652. The van der Waals surface area contributed by atoms with Gasteiger partial charge in [0.1, 0.15) is 5.75 Å². The van der Waals surface area contributed by atoms with Crippen LogP contribution in [0, 0.1) is 0 Å². The van der Waals surface area contributed by atoms with Crippen LogP contribution >= 0.6 is 0 Å². The molecule has 0 aromatic heterocycles. The van der Waals surface area contributed by atoms with Crippen LogP contribution in [0.2, 0.25) is 0 Å². The number of anilines is 1. The van der Waals surface area contributed by atoms with Crippen LogP contribution in [0.4, 0.5) is 5.69 Å². The summed E-state index contributed by atoms with van der Waals surface area (Å²) in [6, 6.07) is 14.0. The van der Waals surface area contributed by atoms with Crippen molar-refractivity contribution in [2.75, 3.05) is 19.0 Å². The first-order valence-electron chi connectivity index (χ1n) is 7.52. The smallest absolute Gasteiger partial charge is 0.337 e. The van der Waals surface area contributed by atoms with Gasteiger partial charge in [-0.1, -0.05) is 18.2 Å². The largest absolute Gasteiger partial charge is 0.494 e. The molecule has 124 valence electrons. The molecule has 5 heteroatoms. The molecule has 0 radical (unpaired) electrons. The van der Waals surface area contributed by atoms with E-state index in [4.69, 9.17) is 4.74 Å². The second kappa shape index (κ2) is 8.53. The summed E-state index contributed by atoms with van der Waals surface area (Å²) in [6.45, 7) is 2.54. The van der Waals surface area contributed by atoms with Crippen molar-refractivity contribution < 1.29 is 19.1 Å². The van der Waals surface area contributed by atoms with E-state index < -0.39 is 5.97 Å². The molecule has 24 heavy (non-hydrogen) atoms. The Kier molecular flexibility index (Phi) is 6.14. The Bertz CT molecular complexity index is 735. The van der Waals surface area contributed by atoms with Crippen molar-refractivity contribution in [3.8, 4) is 5.75 Å². The molecule has 0 aliphatic heterocycles. The highest BCUT2D eigenvalue weighted by atomic mass is 16.5. The minimum absolute atomic E-state index is 0.286. The van der Waals surface area contributed by atoms with E-state index in [1.54, 1.807) is 30.3 Å². The van der Waals surface area contributed by atoms with Crippen molar-refractivity contribution in [2.24, 2.45) is 0 Å². The van der Waals surface area contributed by atoms with Gasteiger partial charge in [0, 0.05) is 11.8 Å². The van der Waals surface area contributed by atoms with E-state index in [-0.39, 0.29) is 5.91 Å². The average molecular weight is 325 g/mol. The Morgan fingerprint density at radius 2 is 1.88 bits per heavy atom. The Labute approximate surface area is 140 Å². The third-order valence-electron chi connectivity index (χ3n) is 3.17. The van der Waals surface area contributed by atoms with Crippen molar-refractivity contribution in [3.63, 3.8) is 0 Å². The van der Waals surface area contributed by atoms with Crippen molar-refractivity contribution in [1.82, 2.24) is 0 Å². The first-order chi connectivity index (χ1) is 11.6. The zero-order chi connectivity index (χ0) is 17.4. The van der Waals surface area contributed by atoms with Crippen LogP contribution in [-0.2, 0) is 9.53 Å². The molecule has 2 aromatic rings. The maximum Gasteiger partial charge on any atom is 0.337 e. The third kappa shape index (κ3) is 4.98. The topological polar surface area (TPSA) is 64.6 Å². The Balaban J connectivity index is 1.98. The van der Waals surface area contributed by atoms with E-state index in [1.165, 1.54) is 13.2 Å². The maximum atomic E-state index is 12.0. The van der Waals surface area contributed by atoms with Gasteiger partial charge in [0.2, 0.25) is 5.91 Å². The van der Waals surface area contributed by atoms with Gasteiger partial charge in [-0.15, -0.1) is 0 Å². The number of amides is 1. The lowest BCUT2D eigenvalue weighted by molar-refractivity contribution is -0.111. The number of methoxy groups -OCH3 is 1. The first-order valence-corrected chi connectivity index (χ1v) is 7.52. The summed E-state index contributed by atoms with van der Waals surface area (Å²) in [6.07, 6.45) is 3.13. The highest BCUT2D eigenvalue weighted by molar-refractivity contribution is 6.02. The molecule has 0 atom stereocenters. The molecule has 0 saturated heterocycles. The lowest BCUT2D eigenvalue weighted by Gasteiger charge is -2.05. The maximum absolute atomic E-state index is 12.0. The predicted molar refractivity (Wildman–Crippen MR) is 93.1 cm³/mol. The number of ether oxygens (including phenoxy) is 2. The molecule has 0 spiro atoms. The molecular formula is C19H19NO4. The number of carbonyl (C=O) groups excluding carboxylic acids is 2. The predicted octanol–water partition coefficient (Wildman–Crippen LogP) is 3.52. The van der Waals surface area contributed by atoms with Gasteiger partial charge in [-0.25, -0.2) is 4.79 Å². The van der Waals surface area contributed by atoms with Crippen LogP contribution in [0.5, 0.6) is 5.75 Å². The summed E-state index contributed by atoms with van der Waals surface area (Å²) < 4.78 is 10.0. The average Bonchev–Trinajstić information content (AvgIpc) is 2.61. The van der Waals surface area contributed by atoms with Gasteiger partial charge >= 0.3 is 5.97 Å². The number of benzene rings is 2. The summed E-state index contributed by atoms with van der Waals surface area (Å²) in [4.78, 5) is 23.4. The summed E-state index contributed by atoms with van der Waals surface area (Å²) >= 11 is 0. The number of hydrogen-bond acceptors (Lipinski definition) is 4. The minimum atomic E-state index is -0.448. The zero-order valence-electron chi connectivity index (χ0n) is 13.6. The molecule has 0 aliphatic carbocycles. The van der Waals surface area contributed by atoms with Crippen molar-refractivity contribution >= 4 is 23.6 Å². The molecule has 5 nitrogen and oxygen atoms in total. The second-order valence-electron chi connectivity index (χ2n) is 4.90. The lowest BCUT2D eigenvalue weighted by atomic mass is 10.2. The van der Waals surface area contributed by atoms with Gasteiger partial charge in [0.15, 0.2) is 0 Å². The molecule has 0 aliphatic rings. The van der Waals surface area contributed by atoms with Gasteiger partial charge in [-0.3, -0.25) is 4.79 Å². The highest BCUT2D eigenvalue weighted by Crippen LogP contribution is 2.14. The standard InChI is InChI=1S/C19H19NO4/c1-3-24-17-10-7-14(8-11-17)9-12-18(21)20-16-6-4-5-15(13-16)19(22)23-2/h4-13H,3H2,1-2H3,(H,20,21)/b12-9+. The molecule has 0 fully saturated rings. The van der Waals surface area contributed by atoms with Crippen LogP contribution in [0.3, 0.4) is 0 Å². The summed E-state index contributed by atoms with van der Waals surface area (Å²) in [7, 11) is 1.31. The van der Waals surface area contributed by atoms with E-state index >= 15 is 0 Å². The highest BCUT2D eigenvalue weighted by Gasteiger charge is 2.06. The molecule has 0 bridgehead atoms. The number of rotatable bonds is 6. The fraction of sp³-hybridized carbons (Fsp3) is 0.158. The number of nitrogens with one attached hydrogen (secondary N) is 1. The van der Waals surface area contributed by atoms with Crippen LogP contribution < -0.4 is 10.1 Å². The third-order valence-corrected chi connectivity index (χ3v) is 3.17. The van der Waals surface area contributed by atoms with Crippen LogP contribution in [0.15, 0.2) is 54.6 Å². The summed E-state index contributed by atoms with van der Waals surface area (Å²) in [5, 5.41) is 2.71. The van der Waals surface area contributed by atoms with Crippen molar-refractivity contribution in [1.29, 1.82) is 0 Å². The minimum Gasteiger partial charge on any atom is -0.494 e. The Morgan fingerprint density at radius 1 is 1.12 bits per heavy atom. The van der Waals surface area contributed by atoms with Crippen LogP contribution in [-0.4, -0.2) is 25.6 Å². The van der Waals surface area contributed by atoms with Crippen LogP contribution in [0.25, 0.3) is 6.08 Å². The molecule has 0 saturated carbocycles. The SMILES string of the molecule is CCOc1ccc(/C=C/C(=O)Nc2cccc(C(=O)OC)c2)cc1. The van der Waals surface area contributed by atoms with E-state index in [0.29, 0.717) is 17.9 Å². The fourth-order valence-electron chi connectivity index (χ4n) is 2.04. The summed E-state index contributed by atoms with van der Waals surface area (Å²) in [5.74, 6) is 0.0562. The number of carbonyl (C=O) groups is 2. The van der Waals surface area contributed by atoms with E-state index in [0.717, 1.165) is 11.3 Å². The second-order valence-corrected chi connectivity index (χ2v) is 4.90. The monoisotopic (exact) mass is 325 g/mol. The fourth-order valence-corrected chi connectivity index (χ4v) is 2.04. The van der Waals surface area contributed by atoms with Gasteiger partial charge in [-0.2, -0.15) is 0 Å². The number of hydrogen-bond donors (Lipinski definition) is 1. The van der Waals surface area contributed by atoms with Gasteiger partial charge in [0.25, 0.3) is 0 Å². The molecule has 1 N–H and O–H groups in total. The molecule has 2 aromatic carbocycles. The molecule has 2 rings (SSSR count). The van der Waals surface area contributed by atoms with Crippen molar-refractivity contribution in [2.45, 2.75) is 6.92 Å². The normalized spacial score (nSPS) is 10.4.